The van der Waals surface area contributed by atoms with Crippen LogP contribution in [0.25, 0.3) is 0 Å². The first kappa shape index (κ1) is 27.3. The number of amides is 2. The summed E-state index contributed by atoms with van der Waals surface area (Å²) in [5.41, 5.74) is 0.523. The maximum Gasteiger partial charge on any atom is 0.305 e. The van der Waals surface area contributed by atoms with Crippen LogP contribution in [0.2, 0.25) is 5.02 Å². The Morgan fingerprint density at radius 1 is 1.19 bits per heavy atom. The second-order valence-electron chi connectivity index (χ2n) is 7.84. The molecule has 0 bridgehead atoms. The highest BCUT2D eigenvalue weighted by Gasteiger charge is 2.23. The number of anilines is 1. The Morgan fingerprint density at radius 2 is 1.94 bits per heavy atom. The summed E-state index contributed by atoms with van der Waals surface area (Å²) in [7, 11) is 0. The maximum absolute atomic E-state index is 12.6. The van der Waals surface area contributed by atoms with Crippen molar-refractivity contribution in [2.75, 3.05) is 25.0 Å². The third-order valence-corrected chi connectivity index (χ3v) is 6.01. The molecule has 14 heteroatoms. The first-order valence-corrected chi connectivity index (χ1v) is 12.0. The quantitative estimate of drug-likeness (QED) is 0.197. The van der Waals surface area contributed by atoms with Crippen LogP contribution in [0.1, 0.15) is 28.4 Å². The van der Waals surface area contributed by atoms with E-state index in [9.17, 15) is 34.8 Å². The third-order valence-electron chi connectivity index (χ3n) is 4.96. The van der Waals surface area contributed by atoms with Gasteiger partial charge >= 0.3 is 5.97 Å². The molecule has 36 heavy (non-hydrogen) atoms. The van der Waals surface area contributed by atoms with E-state index in [-0.39, 0.29) is 34.2 Å². The lowest BCUT2D eigenvalue weighted by atomic mass is 10.0. The zero-order valence-corrected chi connectivity index (χ0v) is 21.5. The van der Waals surface area contributed by atoms with Gasteiger partial charge in [0.2, 0.25) is 5.91 Å². The Morgan fingerprint density at radius 3 is 2.61 bits per heavy atom. The fraction of sp³-hybridized carbons (Fsp3) is 0.273. The lowest BCUT2D eigenvalue weighted by Crippen LogP contribution is -2.42. The SMILES string of the molecule is O=C(O)C[C@@H](NC(=O)CNC(=O)c1cc(O)cc(NC2=NCC(O)CN2)c1)c1cc(Cl)cc(I)c1O. The number of phenolic OH excluding ortho intramolecular Hbond substituents is 2. The van der Waals surface area contributed by atoms with Crippen LogP contribution in [0.3, 0.4) is 0 Å². The summed E-state index contributed by atoms with van der Waals surface area (Å²) < 4.78 is 0.381. The molecule has 2 aromatic carbocycles. The van der Waals surface area contributed by atoms with Crippen LogP contribution in [0.4, 0.5) is 5.69 Å². The summed E-state index contributed by atoms with van der Waals surface area (Å²) >= 11 is 7.85. The van der Waals surface area contributed by atoms with E-state index in [0.29, 0.717) is 21.8 Å². The van der Waals surface area contributed by atoms with E-state index in [2.05, 4.69) is 26.3 Å². The second kappa shape index (κ2) is 12.1. The highest BCUT2D eigenvalue weighted by molar-refractivity contribution is 14.1. The monoisotopic (exact) mass is 631 g/mol. The number of aliphatic imine (C=N–C) groups is 1. The van der Waals surface area contributed by atoms with Crippen molar-refractivity contribution in [3.63, 3.8) is 0 Å². The minimum atomic E-state index is -1.22. The van der Waals surface area contributed by atoms with Gasteiger partial charge in [0.25, 0.3) is 5.91 Å². The molecule has 0 aliphatic carbocycles. The zero-order chi connectivity index (χ0) is 26.4. The lowest BCUT2D eigenvalue weighted by Gasteiger charge is -2.20. The summed E-state index contributed by atoms with van der Waals surface area (Å²) in [6.45, 7) is -0.00832. The largest absolute Gasteiger partial charge is 0.508 e. The van der Waals surface area contributed by atoms with Gasteiger partial charge in [-0.1, -0.05) is 11.6 Å². The number of halogens is 2. The van der Waals surface area contributed by atoms with Gasteiger partial charge in [-0.15, -0.1) is 0 Å². The third kappa shape index (κ3) is 7.60. The molecule has 2 atom stereocenters. The number of aromatic hydroxyl groups is 2. The van der Waals surface area contributed by atoms with Crippen molar-refractivity contribution in [1.82, 2.24) is 16.0 Å². The van der Waals surface area contributed by atoms with Gasteiger partial charge in [0, 0.05) is 34.4 Å². The van der Waals surface area contributed by atoms with Gasteiger partial charge < -0.3 is 41.7 Å². The Labute approximate surface area is 223 Å². The van der Waals surface area contributed by atoms with E-state index in [0.717, 1.165) is 0 Å². The van der Waals surface area contributed by atoms with Crippen molar-refractivity contribution < 1.29 is 34.8 Å². The molecule has 1 unspecified atom stereocenters. The molecule has 12 nitrogen and oxygen atoms in total. The molecule has 192 valence electrons. The number of rotatable bonds is 8. The predicted molar refractivity (Wildman–Crippen MR) is 139 cm³/mol. The minimum Gasteiger partial charge on any atom is -0.508 e. The van der Waals surface area contributed by atoms with Gasteiger partial charge in [-0.3, -0.25) is 19.4 Å². The van der Waals surface area contributed by atoms with Crippen molar-refractivity contribution in [1.29, 1.82) is 0 Å². The molecule has 0 saturated heterocycles. The van der Waals surface area contributed by atoms with E-state index >= 15 is 0 Å². The van der Waals surface area contributed by atoms with Crippen LogP contribution >= 0.6 is 34.2 Å². The Hall–Kier alpha value is -3.30. The number of benzene rings is 2. The number of aliphatic hydroxyl groups is 1. The van der Waals surface area contributed by atoms with E-state index in [4.69, 9.17) is 11.6 Å². The standard InChI is InChI=1S/C22H23ClIN5O7/c23-11-3-15(20(35)16(24)4-11)17(6-19(33)34)29-18(32)9-25-21(36)10-1-12(5-13(30)2-10)28-22-26-7-14(31)8-27-22/h1-5,14,17,30-31,35H,6-9H2,(H,25,36)(H,29,32)(H,33,34)(H2,26,27,28)/t17-/m1/s1. The van der Waals surface area contributed by atoms with Crippen LogP contribution in [0.15, 0.2) is 35.3 Å². The average molecular weight is 632 g/mol. The van der Waals surface area contributed by atoms with Crippen LogP contribution in [0, 0.1) is 3.57 Å². The molecule has 2 amide bonds. The van der Waals surface area contributed by atoms with E-state index in [1.807, 2.05) is 22.6 Å². The number of carbonyl (C=O) groups is 3. The molecule has 1 aliphatic heterocycles. The van der Waals surface area contributed by atoms with Gasteiger partial charge in [-0.05, 0) is 46.9 Å². The van der Waals surface area contributed by atoms with Crippen LogP contribution < -0.4 is 21.3 Å². The van der Waals surface area contributed by atoms with E-state index < -0.39 is 42.9 Å². The number of guanidine groups is 1. The predicted octanol–water partition coefficient (Wildman–Crippen LogP) is 1.15. The number of hydrogen-bond donors (Lipinski definition) is 8. The molecule has 0 fully saturated rings. The maximum atomic E-state index is 12.6. The molecule has 0 spiro atoms. The molecule has 8 N–H and O–H groups in total. The fourth-order valence-corrected chi connectivity index (χ4v) is 4.40. The topological polar surface area (TPSA) is 193 Å². The fourth-order valence-electron chi connectivity index (χ4n) is 3.34. The van der Waals surface area contributed by atoms with Crippen molar-refractivity contribution in [2.45, 2.75) is 18.6 Å². The zero-order valence-electron chi connectivity index (χ0n) is 18.6. The molecule has 3 rings (SSSR count). The molecule has 1 aliphatic rings. The van der Waals surface area contributed by atoms with Gasteiger partial charge in [0.15, 0.2) is 5.96 Å². The van der Waals surface area contributed by atoms with Crippen molar-refractivity contribution >= 4 is 63.6 Å². The molecule has 1 heterocycles. The number of nitrogens with one attached hydrogen (secondary N) is 4. The molecule has 0 saturated carbocycles. The first-order chi connectivity index (χ1) is 17.0. The first-order valence-electron chi connectivity index (χ1n) is 10.6. The smallest absolute Gasteiger partial charge is 0.305 e. The van der Waals surface area contributed by atoms with Gasteiger partial charge in [0.1, 0.15) is 11.5 Å². The average Bonchev–Trinajstić information content (AvgIpc) is 2.80. The van der Waals surface area contributed by atoms with Crippen LogP contribution in [-0.4, -0.2) is 69.9 Å². The van der Waals surface area contributed by atoms with Crippen LogP contribution in [-0.2, 0) is 9.59 Å². The summed E-state index contributed by atoms with van der Waals surface area (Å²) in [5, 5.41) is 50.0. The van der Waals surface area contributed by atoms with E-state index in [1.54, 1.807) is 0 Å². The van der Waals surface area contributed by atoms with Crippen molar-refractivity contribution in [3.8, 4) is 11.5 Å². The summed E-state index contributed by atoms with van der Waals surface area (Å²) in [6, 6.07) is 5.75. The summed E-state index contributed by atoms with van der Waals surface area (Å²) in [5.74, 6) is -2.65. The Kier molecular flexibility index (Phi) is 9.17. The van der Waals surface area contributed by atoms with Gasteiger partial charge in [-0.2, -0.15) is 0 Å². The van der Waals surface area contributed by atoms with Crippen molar-refractivity contribution in [2.24, 2.45) is 4.99 Å². The highest BCUT2D eigenvalue weighted by atomic mass is 127. The molecular formula is C22H23ClIN5O7. The van der Waals surface area contributed by atoms with Crippen molar-refractivity contribution in [3.05, 3.63) is 50.1 Å². The Balaban J connectivity index is 1.66. The molecule has 0 aromatic heterocycles. The second-order valence-corrected chi connectivity index (χ2v) is 9.44. The number of phenols is 2. The number of aliphatic carboxylic acids is 1. The minimum absolute atomic E-state index is 0.0471. The number of carboxylic acids is 1. The number of aliphatic hydroxyl groups excluding tert-OH is 1. The highest BCUT2D eigenvalue weighted by Crippen LogP contribution is 2.34. The number of carboxylic acid groups (broad SMARTS) is 1. The molecule has 2 aromatic rings. The normalized spacial score (nSPS) is 15.8. The number of nitrogens with zero attached hydrogens (tertiary/aromatic N) is 1. The lowest BCUT2D eigenvalue weighted by molar-refractivity contribution is -0.137. The Bertz CT molecular complexity index is 1210. The van der Waals surface area contributed by atoms with Crippen LogP contribution in [0.5, 0.6) is 11.5 Å². The molecular weight excluding hydrogens is 609 g/mol. The number of β-amino-alcohol motifs (C(OH)–C–C–N with tert-alkyl or cyclic N) is 1. The number of carbonyl (C=O) groups excluding carboxylic acids is 2. The summed E-state index contributed by atoms with van der Waals surface area (Å²) in [4.78, 5) is 40.5. The van der Waals surface area contributed by atoms with Gasteiger partial charge in [-0.25, -0.2) is 0 Å². The number of hydrogen-bond acceptors (Lipinski definition) is 9. The van der Waals surface area contributed by atoms with Gasteiger partial charge in [0.05, 0.1) is 35.2 Å². The summed E-state index contributed by atoms with van der Waals surface area (Å²) in [6.07, 6.45) is -1.13. The molecule has 0 radical (unpaired) electrons. The van der Waals surface area contributed by atoms with E-state index in [1.165, 1.54) is 30.3 Å².